The highest BCUT2D eigenvalue weighted by atomic mass is 16.5. The first-order chi connectivity index (χ1) is 12.7. The normalized spacial score (nSPS) is 24.0. The zero-order valence-electron chi connectivity index (χ0n) is 15.8. The predicted octanol–water partition coefficient (Wildman–Crippen LogP) is 0.844. The minimum Gasteiger partial charge on any atom is -0.361 e. The highest BCUT2D eigenvalue weighted by Crippen LogP contribution is 2.29. The molecule has 0 atom stereocenters. The maximum absolute atomic E-state index is 12.4. The molecule has 0 aromatic carbocycles. The van der Waals surface area contributed by atoms with Crippen LogP contribution in [0.1, 0.15) is 37.1 Å². The van der Waals surface area contributed by atoms with Crippen molar-refractivity contribution in [3.8, 4) is 0 Å². The summed E-state index contributed by atoms with van der Waals surface area (Å²) in [5.74, 6) is 1.05. The van der Waals surface area contributed by atoms with Crippen molar-refractivity contribution < 1.29 is 9.32 Å². The molecule has 0 spiro atoms. The highest BCUT2D eigenvalue weighted by Gasteiger charge is 2.32. The van der Waals surface area contributed by atoms with Crippen LogP contribution in [0.5, 0.6) is 0 Å². The van der Waals surface area contributed by atoms with Crippen LogP contribution in [-0.2, 0) is 11.3 Å². The topological polar surface area (TPSA) is 64.8 Å². The molecule has 0 unspecified atom stereocenters. The van der Waals surface area contributed by atoms with Gasteiger partial charge in [0, 0.05) is 64.0 Å². The first-order valence-corrected chi connectivity index (χ1v) is 10.1. The summed E-state index contributed by atoms with van der Waals surface area (Å²) in [6.07, 6.45) is 4.96. The molecule has 3 fully saturated rings. The average molecular weight is 361 g/mol. The van der Waals surface area contributed by atoms with E-state index in [2.05, 4.69) is 25.2 Å². The van der Waals surface area contributed by atoms with Crippen molar-refractivity contribution in [2.75, 3.05) is 45.8 Å². The van der Waals surface area contributed by atoms with Gasteiger partial charge in [0.05, 0.1) is 12.2 Å². The van der Waals surface area contributed by atoms with E-state index in [1.54, 1.807) is 0 Å². The molecule has 26 heavy (non-hydrogen) atoms. The van der Waals surface area contributed by atoms with Crippen LogP contribution < -0.4 is 5.32 Å². The van der Waals surface area contributed by atoms with E-state index >= 15 is 0 Å². The smallest absolute Gasteiger partial charge is 0.234 e. The summed E-state index contributed by atoms with van der Waals surface area (Å²) in [5.41, 5.74) is 0.992. The second-order valence-corrected chi connectivity index (χ2v) is 8.09. The third kappa shape index (κ3) is 4.84. The first kappa shape index (κ1) is 17.9. The summed E-state index contributed by atoms with van der Waals surface area (Å²) in [5, 5.41) is 7.32. The quantitative estimate of drug-likeness (QED) is 0.810. The van der Waals surface area contributed by atoms with Crippen LogP contribution in [0.2, 0.25) is 0 Å². The van der Waals surface area contributed by atoms with E-state index in [1.807, 2.05) is 13.0 Å². The minimum atomic E-state index is 0.190. The minimum absolute atomic E-state index is 0.190. The van der Waals surface area contributed by atoms with Gasteiger partial charge in [0.1, 0.15) is 5.76 Å². The molecule has 7 heteroatoms. The van der Waals surface area contributed by atoms with Gasteiger partial charge in [-0.05, 0) is 32.6 Å². The second kappa shape index (κ2) is 8.06. The van der Waals surface area contributed by atoms with Gasteiger partial charge in [0.2, 0.25) is 5.91 Å². The van der Waals surface area contributed by atoms with Gasteiger partial charge in [-0.15, -0.1) is 0 Å². The third-order valence-corrected chi connectivity index (χ3v) is 5.85. The van der Waals surface area contributed by atoms with Gasteiger partial charge in [-0.25, -0.2) is 0 Å². The molecule has 1 aromatic rings. The van der Waals surface area contributed by atoms with Crippen LogP contribution in [0.4, 0.5) is 0 Å². The van der Waals surface area contributed by atoms with Gasteiger partial charge in [-0.2, -0.15) is 0 Å². The first-order valence-electron chi connectivity index (χ1n) is 10.1. The number of nitrogens with zero attached hydrogens (tertiary/aromatic N) is 4. The number of carbonyl (C=O) groups is 1. The molecule has 2 aliphatic heterocycles. The largest absolute Gasteiger partial charge is 0.361 e. The van der Waals surface area contributed by atoms with Gasteiger partial charge in [-0.1, -0.05) is 5.16 Å². The highest BCUT2D eigenvalue weighted by molar-refractivity contribution is 5.78. The molecule has 1 aromatic heterocycles. The fraction of sp³-hybridized carbons (Fsp3) is 0.789. The molecule has 1 saturated carbocycles. The van der Waals surface area contributed by atoms with Crippen molar-refractivity contribution in [2.24, 2.45) is 0 Å². The van der Waals surface area contributed by atoms with E-state index < -0.39 is 0 Å². The number of likely N-dealkylation sites (tertiary alicyclic amines) is 1. The lowest BCUT2D eigenvalue weighted by Gasteiger charge is -2.35. The number of rotatable bonds is 6. The van der Waals surface area contributed by atoms with Crippen LogP contribution in [-0.4, -0.2) is 83.7 Å². The summed E-state index contributed by atoms with van der Waals surface area (Å²) in [4.78, 5) is 19.6. The van der Waals surface area contributed by atoms with E-state index in [0.29, 0.717) is 12.6 Å². The number of nitrogens with one attached hydrogen (secondary N) is 1. The molecule has 7 nitrogen and oxygen atoms in total. The lowest BCUT2D eigenvalue weighted by Crippen LogP contribution is -2.51. The van der Waals surface area contributed by atoms with Gasteiger partial charge in [0.15, 0.2) is 0 Å². The zero-order valence-corrected chi connectivity index (χ0v) is 15.8. The molecule has 0 bridgehead atoms. The Balaban J connectivity index is 1.13. The Morgan fingerprint density at radius 3 is 2.42 bits per heavy atom. The lowest BCUT2D eigenvalue weighted by atomic mass is 10.0. The Morgan fingerprint density at radius 1 is 1.12 bits per heavy atom. The van der Waals surface area contributed by atoms with Gasteiger partial charge < -0.3 is 14.7 Å². The van der Waals surface area contributed by atoms with Crippen molar-refractivity contribution in [1.29, 1.82) is 0 Å². The van der Waals surface area contributed by atoms with Crippen LogP contribution >= 0.6 is 0 Å². The molecule has 4 rings (SSSR count). The SMILES string of the molecule is Cc1cc(CN2CCN(CC(=O)NC3CCN(C4CC4)CC3)CC2)no1. The maximum Gasteiger partial charge on any atom is 0.234 e. The molecule has 1 N–H and O–H groups in total. The molecule has 1 aliphatic carbocycles. The Bertz CT molecular complexity index is 599. The molecule has 0 radical (unpaired) electrons. The lowest BCUT2D eigenvalue weighted by molar-refractivity contribution is -0.123. The fourth-order valence-electron chi connectivity index (χ4n) is 4.15. The van der Waals surface area contributed by atoms with Crippen molar-refractivity contribution in [3.05, 3.63) is 17.5 Å². The number of aromatic nitrogens is 1. The van der Waals surface area contributed by atoms with Gasteiger partial charge in [0.25, 0.3) is 0 Å². The Morgan fingerprint density at radius 2 is 1.81 bits per heavy atom. The Hall–Kier alpha value is -1.44. The predicted molar refractivity (Wildman–Crippen MR) is 98.7 cm³/mol. The van der Waals surface area contributed by atoms with Crippen molar-refractivity contribution in [3.63, 3.8) is 0 Å². The summed E-state index contributed by atoms with van der Waals surface area (Å²) >= 11 is 0. The molecule has 1 amide bonds. The van der Waals surface area contributed by atoms with Gasteiger partial charge >= 0.3 is 0 Å². The summed E-state index contributed by atoms with van der Waals surface area (Å²) in [6.45, 7) is 9.39. The van der Waals surface area contributed by atoms with E-state index in [-0.39, 0.29) is 5.91 Å². The van der Waals surface area contributed by atoms with Crippen LogP contribution in [0.25, 0.3) is 0 Å². The molecular weight excluding hydrogens is 330 g/mol. The summed E-state index contributed by atoms with van der Waals surface area (Å²) in [6, 6.07) is 3.22. The zero-order chi connectivity index (χ0) is 17.9. The van der Waals surface area contributed by atoms with Crippen LogP contribution in [0.15, 0.2) is 10.6 Å². The third-order valence-electron chi connectivity index (χ3n) is 5.85. The second-order valence-electron chi connectivity index (χ2n) is 8.09. The monoisotopic (exact) mass is 361 g/mol. The summed E-state index contributed by atoms with van der Waals surface area (Å²) in [7, 11) is 0. The fourth-order valence-corrected chi connectivity index (χ4v) is 4.15. The van der Waals surface area contributed by atoms with Crippen LogP contribution in [0.3, 0.4) is 0 Å². The van der Waals surface area contributed by atoms with E-state index in [4.69, 9.17) is 4.52 Å². The van der Waals surface area contributed by atoms with E-state index in [1.165, 1.54) is 12.8 Å². The number of aryl methyl sites for hydroxylation is 1. The van der Waals surface area contributed by atoms with Crippen molar-refractivity contribution >= 4 is 5.91 Å². The number of amides is 1. The Kier molecular flexibility index (Phi) is 5.57. The number of hydrogen-bond acceptors (Lipinski definition) is 6. The molecule has 2 saturated heterocycles. The number of piperazine rings is 1. The van der Waals surface area contributed by atoms with E-state index in [9.17, 15) is 4.79 Å². The summed E-state index contributed by atoms with van der Waals surface area (Å²) < 4.78 is 5.13. The van der Waals surface area contributed by atoms with Crippen molar-refractivity contribution in [1.82, 2.24) is 25.2 Å². The maximum atomic E-state index is 12.4. The standard InChI is InChI=1S/C19H31N5O2/c1-15-12-17(21-26-15)13-22-8-10-23(11-9-22)14-19(25)20-16-4-6-24(7-5-16)18-2-3-18/h12,16,18H,2-11,13-14H2,1H3,(H,20,25). The van der Waals surface area contributed by atoms with Crippen molar-refractivity contribution in [2.45, 2.75) is 51.2 Å². The van der Waals surface area contributed by atoms with E-state index in [0.717, 1.165) is 76.2 Å². The number of hydrogen-bond donors (Lipinski definition) is 1. The average Bonchev–Trinajstić information content (AvgIpc) is 3.40. The molecule has 3 heterocycles. The van der Waals surface area contributed by atoms with Crippen LogP contribution in [0, 0.1) is 6.92 Å². The molecular formula is C19H31N5O2. The Labute approximate surface area is 155 Å². The molecule has 3 aliphatic rings. The molecule has 144 valence electrons. The van der Waals surface area contributed by atoms with Gasteiger partial charge in [-0.3, -0.25) is 14.6 Å². The number of piperidine rings is 1. The number of carbonyl (C=O) groups excluding carboxylic acids is 1.